The Bertz CT molecular complexity index is 2200. The summed E-state index contributed by atoms with van der Waals surface area (Å²) in [6.07, 6.45) is -16.6. The van der Waals surface area contributed by atoms with E-state index in [1.54, 1.807) is 0 Å². The van der Waals surface area contributed by atoms with Crippen LogP contribution in [-0.2, 0) is 66.9 Å². The van der Waals surface area contributed by atoms with Crippen molar-refractivity contribution in [3.8, 4) is 0 Å². The lowest BCUT2D eigenvalue weighted by Crippen LogP contribution is -2.69. The average Bonchev–Trinajstić information content (AvgIpc) is 4.17. The third-order valence-corrected chi connectivity index (χ3v) is 14.1. The van der Waals surface area contributed by atoms with Crippen molar-refractivity contribution in [3.05, 3.63) is 0 Å². The molecule has 0 saturated carbocycles. The molecule has 5 aliphatic rings. The normalized spacial score (nSPS) is 31.9. The van der Waals surface area contributed by atoms with E-state index in [9.17, 15) is 88.8 Å². The zero-order chi connectivity index (χ0) is 57.4. The van der Waals surface area contributed by atoms with E-state index >= 15 is 0 Å². The number of rotatable bonds is 22. The van der Waals surface area contributed by atoms with Crippen molar-refractivity contribution >= 4 is 59.2 Å². The number of likely N-dealkylation sites (tertiary alicyclic amines) is 2. The monoisotopic (exact) mass is 1100 g/mol. The van der Waals surface area contributed by atoms with Gasteiger partial charge >= 0.3 is 11.9 Å². The zero-order valence-electron chi connectivity index (χ0n) is 43.4. The highest BCUT2D eigenvalue weighted by atomic mass is 16.7. The summed E-state index contributed by atoms with van der Waals surface area (Å²) >= 11 is 0. The SMILES string of the molecule is CC(=O)N[C@H]1[C@@H](O[C@H](C)[C@H](NC(=O)[C@H](C)NC(=O)[C@@H]2CCCN2NC(C)=O)C(=O)N2CCC[C@H]2C(=O)N[C@@H](C)C(=O)N2CCC[C@H]2C(=O)O)O[C@H](CO[C@]2(C(=O)O)C[C@H](O)[C@@H](NC(C)=O)[C@H]([C@@H](O)[C@H](O)CO)O2)[C@@H](O)[C@@H]1O. The Morgan fingerprint density at radius 1 is 0.701 bits per heavy atom. The summed E-state index contributed by atoms with van der Waals surface area (Å²) in [7, 11) is 0. The molecular formula is C46H73N9O22. The van der Waals surface area contributed by atoms with E-state index in [1.165, 1.54) is 32.7 Å². The van der Waals surface area contributed by atoms with Crippen LogP contribution in [0.3, 0.4) is 0 Å². The fourth-order valence-electron chi connectivity index (χ4n) is 10.2. The quantitative estimate of drug-likeness (QED) is 0.0479. The molecular weight excluding hydrogens is 1030 g/mol. The van der Waals surface area contributed by atoms with Gasteiger partial charge in [0.15, 0.2) is 6.29 Å². The predicted molar refractivity (Wildman–Crippen MR) is 255 cm³/mol. The molecule has 8 amide bonds. The van der Waals surface area contributed by atoms with Gasteiger partial charge in [0.1, 0.15) is 78.9 Å². The van der Waals surface area contributed by atoms with Gasteiger partial charge in [0, 0.05) is 46.8 Å². The van der Waals surface area contributed by atoms with E-state index in [0.29, 0.717) is 25.8 Å². The third kappa shape index (κ3) is 14.9. The predicted octanol–water partition coefficient (Wildman–Crippen LogP) is -7.41. The highest BCUT2D eigenvalue weighted by molar-refractivity contribution is 5.97. The van der Waals surface area contributed by atoms with Gasteiger partial charge in [-0.3, -0.25) is 43.8 Å². The first-order valence-electron chi connectivity index (χ1n) is 25.3. The maximum atomic E-state index is 14.9. The van der Waals surface area contributed by atoms with Crippen molar-refractivity contribution in [1.82, 2.24) is 46.8 Å². The number of nitrogens with zero attached hydrogens (tertiary/aromatic N) is 3. The number of aliphatic hydroxyl groups is 6. The van der Waals surface area contributed by atoms with Crippen LogP contribution in [0, 0.1) is 0 Å². The summed E-state index contributed by atoms with van der Waals surface area (Å²) in [6, 6.07) is -10.9. The molecule has 31 nitrogen and oxygen atoms in total. The standard InChI is InChI=1S/C46H73N9O22/c1-19(47-40(67)26-11-9-15-55(26)52-24(6)59)38(65)51-31(42(69)53-13-7-10-25(53)39(66)48-20(2)41(68)54-14-8-12-27(54)43(70)71)21(3)75-44-33(50-23(5)58)36(64)35(63)30(76-44)18-74-46(45(72)73)16-28(60)32(49-22(4)57)37(77-46)34(62)29(61)17-56/h19-21,25-37,44,56,60-64H,7-18H2,1-6H3,(H,47,67)(H,48,66)(H,49,57)(H,50,58)(H,51,65)(H,52,59)(H,70,71)(H,72,73)/t19-,20-,21+,25-,26-,27-,28-,29+,30+,31-,32+,33+,34-,35+,36+,37+,44-,46+/m0/s1. The topological polar surface area (TPSA) is 451 Å². The smallest absolute Gasteiger partial charge is 0.364 e. The molecule has 31 heteroatoms. The third-order valence-electron chi connectivity index (χ3n) is 14.1. The number of amides is 8. The van der Waals surface area contributed by atoms with Crippen molar-refractivity contribution in [3.63, 3.8) is 0 Å². The molecule has 434 valence electrons. The van der Waals surface area contributed by atoms with Gasteiger partial charge in [0.2, 0.25) is 47.3 Å². The van der Waals surface area contributed by atoms with E-state index in [1.807, 2.05) is 0 Å². The number of carbonyl (C=O) groups is 10. The lowest BCUT2D eigenvalue weighted by molar-refractivity contribution is -0.332. The molecule has 0 aromatic rings. The molecule has 5 heterocycles. The van der Waals surface area contributed by atoms with Crippen molar-refractivity contribution < 1.29 is 108 Å². The first-order chi connectivity index (χ1) is 36.1. The fraction of sp³-hybridized carbons (Fsp3) is 0.783. The molecule has 14 N–H and O–H groups in total. The molecule has 5 fully saturated rings. The number of ether oxygens (including phenoxy) is 4. The number of nitrogens with one attached hydrogen (secondary N) is 6. The average molecular weight is 1100 g/mol. The largest absolute Gasteiger partial charge is 0.480 e. The van der Waals surface area contributed by atoms with Gasteiger partial charge in [-0.25, -0.2) is 14.6 Å². The summed E-state index contributed by atoms with van der Waals surface area (Å²) in [6.45, 7) is 5.51. The minimum Gasteiger partial charge on any atom is -0.480 e. The van der Waals surface area contributed by atoms with Crippen LogP contribution < -0.4 is 32.0 Å². The second-order valence-corrected chi connectivity index (χ2v) is 20.0. The Labute approximate surface area is 441 Å². The van der Waals surface area contributed by atoms with Crippen molar-refractivity contribution in [2.45, 2.75) is 196 Å². The Morgan fingerprint density at radius 2 is 1.26 bits per heavy atom. The molecule has 77 heavy (non-hydrogen) atoms. The minimum absolute atomic E-state index is 0.0603. The second kappa shape index (κ2) is 26.7. The van der Waals surface area contributed by atoms with Gasteiger partial charge in [0.05, 0.1) is 31.5 Å². The van der Waals surface area contributed by atoms with Crippen molar-refractivity contribution in [1.29, 1.82) is 0 Å². The van der Waals surface area contributed by atoms with Crippen LogP contribution in [-0.4, -0.2) is 257 Å². The van der Waals surface area contributed by atoms with Crippen LogP contribution in [0.4, 0.5) is 0 Å². The maximum Gasteiger partial charge on any atom is 0.364 e. The van der Waals surface area contributed by atoms with Gasteiger partial charge in [-0.05, 0) is 59.3 Å². The van der Waals surface area contributed by atoms with E-state index in [4.69, 9.17) is 18.9 Å². The molecule has 0 aromatic carbocycles. The number of aliphatic hydroxyl groups excluding tert-OH is 6. The number of hydrogen-bond donors (Lipinski definition) is 14. The molecule has 0 aliphatic carbocycles. The number of aliphatic carboxylic acids is 2. The molecule has 0 bridgehead atoms. The first-order valence-corrected chi connectivity index (χ1v) is 25.3. The van der Waals surface area contributed by atoms with Crippen LogP contribution in [0.15, 0.2) is 0 Å². The van der Waals surface area contributed by atoms with Crippen LogP contribution >= 0.6 is 0 Å². The minimum atomic E-state index is -2.95. The molecule has 5 rings (SSSR count). The number of carboxylic acids is 2. The first kappa shape index (κ1) is 62.1. The van der Waals surface area contributed by atoms with Gasteiger partial charge < -0.3 is 96.2 Å². The Kier molecular flexibility index (Phi) is 21.6. The molecule has 0 spiro atoms. The van der Waals surface area contributed by atoms with Gasteiger partial charge in [-0.2, -0.15) is 0 Å². The lowest BCUT2D eigenvalue weighted by atomic mass is 9.88. The maximum absolute atomic E-state index is 14.9. The van der Waals surface area contributed by atoms with E-state index < -0.39 is 188 Å². The highest BCUT2D eigenvalue weighted by Gasteiger charge is 2.57. The lowest BCUT2D eigenvalue weighted by Gasteiger charge is -2.48. The molecule has 0 radical (unpaired) electrons. The number of hydrogen-bond acceptors (Lipinski definition) is 21. The van der Waals surface area contributed by atoms with E-state index in [0.717, 1.165) is 23.6 Å². The second-order valence-electron chi connectivity index (χ2n) is 20.0. The summed E-state index contributed by atoms with van der Waals surface area (Å²) in [5.74, 6) is -12.1. The molecule has 0 aromatic heterocycles. The zero-order valence-corrected chi connectivity index (χ0v) is 43.4. The van der Waals surface area contributed by atoms with Gasteiger partial charge in [-0.15, -0.1) is 0 Å². The van der Waals surface area contributed by atoms with Gasteiger partial charge in [0.25, 0.3) is 5.79 Å². The summed E-state index contributed by atoms with van der Waals surface area (Å²) in [5, 5.41) is 98.5. The Morgan fingerprint density at radius 3 is 1.84 bits per heavy atom. The number of hydrazine groups is 1. The number of carboxylic acid groups (broad SMARTS) is 2. The number of carbonyl (C=O) groups excluding carboxylic acids is 8. The molecule has 18 atom stereocenters. The van der Waals surface area contributed by atoms with E-state index in [2.05, 4.69) is 32.0 Å². The molecule has 5 aliphatic heterocycles. The Balaban J connectivity index is 1.42. The van der Waals surface area contributed by atoms with Gasteiger partial charge in [-0.1, -0.05) is 0 Å². The van der Waals surface area contributed by atoms with Crippen molar-refractivity contribution in [2.75, 3.05) is 32.8 Å². The summed E-state index contributed by atoms with van der Waals surface area (Å²) < 4.78 is 23.6. The Hall–Kier alpha value is -5.74. The van der Waals surface area contributed by atoms with Crippen molar-refractivity contribution in [2.24, 2.45) is 0 Å². The highest BCUT2D eigenvalue weighted by Crippen LogP contribution is 2.35. The summed E-state index contributed by atoms with van der Waals surface area (Å²) in [4.78, 5) is 133. The van der Waals surface area contributed by atoms with E-state index in [-0.39, 0.29) is 32.4 Å². The fourth-order valence-corrected chi connectivity index (χ4v) is 10.2. The van der Waals surface area contributed by atoms with Crippen LogP contribution in [0.25, 0.3) is 0 Å². The molecule has 5 saturated heterocycles. The summed E-state index contributed by atoms with van der Waals surface area (Å²) in [5.41, 5.74) is 2.56. The molecule has 0 unspecified atom stereocenters. The van der Waals surface area contributed by atoms with Crippen LogP contribution in [0.2, 0.25) is 0 Å². The van der Waals surface area contributed by atoms with Crippen LogP contribution in [0.1, 0.15) is 86.5 Å². The van der Waals surface area contributed by atoms with Crippen LogP contribution in [0.5, 0.6) is 0 Å².